The second-order valence-corrected chi connectivity index (χ2v) is 10.3. The number of carbonyl (C=O) groups excluding carboxylic acids is 2. The number of alkyl halides is 7. The Morgan fingerprint density at radius 2 is 1.52 bits per heavy atom. The van der Waals surface area contributed by atoms with Gasteiger partial charge in [0.15, 0.2) is 0 Å². The fourth-order valence-electron chi connectivity index (χ4n) is 2.13. The van der Waals surface area contributed by atoms with Crippen LogP contribution in [-0.4, -0.2) is 43.3 Å². The molecule has 0 aliphatic heterocycles. The molecule has 0 heterocycles. The van der Waals surface area contributed by atoms with Gasteiger partial charge in [-0.25, -0.2) is 0 Å². The van der Waals surface area contributed by atoms with Gasteiger partial charge in [-0.15, -0.1) is 0 Å². The van der Waals surface area contributed by atoms with E-state index < -0.39 is 60.4 Å². The van der Waals surface area contributed by atoms with Gasteiger partial charge in [0.2, 0.25) is 5.78 Å². The van der Waals surface area contributed by atoms with Crippen molar-refractivity contribution in [2.75, 3.05) is 0 Å². The van der Waals surface area contributed by atoms with Crippen LogP contribution in [0.2, 0.25) is 0 Å². The number of nitrogens with two attached hydrogens (primary N) is 2. The average molecular weight is 621 g/mol. The van der Waals surface area contributed by atoms with Crippen molar-refractivity contribution in [3.05, 3.63) is 0 Å². The Kier molecular flexibility index (Phi) is 9.50. The van der Waals surface area contributed by atoms with Crippen LogP contribution in [0.5, 0.6) is 0 Å². The Balaban J connectivity index is 0.000000651. The van der Waals surface area contributed by atoms with E-state index in [4.69, 9.17) is 15.2 Å². The summed E-state index contributed by atoms with van der Waals surface area (Å²) in [5.41, 5.74) is 10.3. The van der Waals surface area contributed by atoms with Crippen LogP contribution < -0.4 is 11.5 Å². The van der Waals surface area contributed by atoms with Crippen molar-refractivity contribution >= 4 is 11.6 Å². The topological polar surface area (TPSA) is 106 Å². The summed E-state index contributed by atoms with van der Waals surface area (Å²) in [6.07, 6.45) is -4.08. The van der Waals surface area contributed by atoms with Crippen molar-refractivity contribution in [2.45, 2.75) is 80.9 Å². The zero-order valence-electron chi connectivity index (χ0n) is 16.0. The molecule has 0 saturated heterocycles. The number of hydrogen-bond acceptors (Lipinski definition) is 5. The number of carbonyl (C=O) groups is 2. The SMILES string of the molecule is CC(C)(C)C(=O)CC(=O)C(F)(F)C(F)(F)C(F)(F)F.N[C@@H]1CCCC[C@]1(N)[Pt][OH]. The third-order valence-electron chi connectivity index (χ3n) is 4.29. The minimum atomic E-state index is -6.59. The standard InChI is InChI=1S/C10H11F7O2.C6H13N2.H2O.Pt/c1-7(2,3)5(18)4-6(19)8(11,12)9(13,14)10(15,16)17;7-5-3-1-2-4-6(5)8;;/h4H2,1-3H3;5H,1-4,7-8H2;1H2;/q;;;+1/p-1/t;5-;;/m.1../s1. The van der Waals surface area contributed by atoms with Gasteiger partial charge in [0, 0.05) is 5.41 Å². The van der Waals surface area contributed by atoms with E-state index in [0.717, 1.165) is 19.3 Å². The van der Waals surface area contributed by atoms with Gasteiger partial charge in [0.05, 0.1) is 6.42 Å². The van der Waals surface area contributed by atoms with E-state index in [1.165, 1.54) is 27.2 Å². The Morgan fingerprint density at radius 1 is 1.03 bits per heavy atom. The molecule has 1 aliphatic rings. The number of ketones is 2. The van der Waals surface area contributed by atoms with Crippen LogP contribution in [0.15, 0.2) is 0 Å². The Labute approximate surface area is 172 Å². The molecule has 29 heavy (non-hydrogen) atoms. The maximum absolute atomic E-state index is 12.9. The van der Waals surface area contributed by atoms with Gasteiger partial charge in [0.1, 0.15) is 5.78 Å². The molecule has 176 valence electrons. The fourth-order valence-corrected chi connectivity index (χ4v) is 3.49. The van der Waals surface area contributed by atoms with Crippen LogP contribution in [0.4, 0.5) is 30.7 Å². The zero-order valence-corrected chi connectivity index (χ0v) is 18.3. The second-order valence-electron chi connectivity index (χ2n) is 7.71. The Hall–Kier alpha value is -0.582. The van der Waals surface area contributed by atoms with Crippen LogP contribution in [0.25, 0.3) is 0 Å². The molecule has 1 rings (SSSR count). The van der Waals surface area contributed by atoms with Crippen molar-refractivity contribution in [1.29, 1.82) is 0 Å². The van der Waals surface area contributed by atoms with Gasteiger partial charge in [-0.1, -0.05) is 20.8 Å². The first-order valence-electron chi connectivity index (χ1n) is 8.41. The average Bonchev–Trinajstić information content (AvgIpc) is 2.56. The van der Waals surface area contributed by atoms with Crippen LogP contribution in [0.3, 0.4) is 0 Å². The van der Waals surface area contributed by atoms with E-state index in [0.29, 0.717) is 0 Å². The molecule has 5 nitrogen and oxygen atoms in total. The summed E-state index contributed by atoms with van der Waals surface area (Å²) >= 11 is -0.894. The van der Waals surface area contributed by atoms with Crippen LogP contribution in [0, 0.1) is 5.41 Å². The maximum atomic E-state index is 12.9. The molecule has 0 aromatic carbocycles. The first kappa shape index (κ1) is 28.4. The molecule has 5 N–H and O–H groups in total. The van der Waals surface area contributed by atoms with Crippen molar-refractivity contribution in [1.82, 2.24) is 0 Å². The predicted octanol–water partition coefficient (Wildman–Crippen LogP) is 2.93. The van der Waals surface area contributed by atoms with Gasteiger partial charge in [0.25, 0.3) is 0 Å². The van der Waals surface area contributed by atoms with E-state index in [2.05, 4.69) is 0 Å². The first-order chi connectivity index (χ1) is 12.7. The van der Waals surface area contributed by atoms with Crippen LogP contribution >= 0.6 is 0 Å². The summed E-state index contributed by atoms with van der Waals surface area (Å²) in [6, 6.07) is 0.0413. The van der Waals surface area contributed by atoms with Crippen molar-refractivity contribution in [2.24, 2.45) is 16.9 Å². The normalized spacial score (nSPS) is 24.0. The summed E-state index contributed by atoms with van der Waals surface area (Å²) in [5.74, 6) is -16.4. The third-order valence-corrected chi connectivity index (χ3v) is 6.65. The van der Waals surface area contributed by atoms with Gasteiger partial charge in [-0.05, 0) is 0 Å². The molecule has 2 atom stereocenters. The van der Waals surface area contributed by atoms with Gasteiger partial charge >= 0.3 is 87.8 Å². The van der Waals surface area contributed by atoms with Gasteiger partial charge in [-0.3, -0.25) is 9.59 Å². The molecule has 1 aliphatic carbocycles. The molecule has 0 radical (unpaired) electrons. The Bertz CT molecular complexity index is 594. The summed E-state index contributed by atoms with van der Waals surface area (Å²) in [4.78, 5) is 22.1. The number of halogens is 7. The minimum absolute atomic E-state index is 0.0413. The van der Waals surface area contributed by atoms with E-state index in [-0.39, 0.29) is 9.97 Å². The molecule has 0 aromatic heterocycles. The van der Waals surface area contributed by atoms with Gasteiger partial charge < -0.3 is 0 Å². The monoisotopic (exact) mass is 621 g/mol. The van der Waals surface area contributed by atoms with Crippen LogP contribution in [-0.2, 0) is 28.5 Å². The predicted molar refractivity (Wildman–Crippen MR) is 85.6 cm³/mol. The quantitative estimate of drug-likeness (QED) is 0.324. The number of hydrogen-bond donors (Lipinski definition) is 3. The molecule has 0 unspecified atom stereocenters. The molecule has 0 aromatic rings. The second kappa shape index (κ2) is 9.70. The van der Waals surface area contributed by atoms with E-state index in [1.54, 1.807) is 0 Å². The van der Waals surface area contributed by atoms with Gasteiger partial charge in [-0.2, -0.15) is 30.7 Å². The van der Waals surface area contributed by atoms with Crippen molar-refractivity contribution in [3.8, 4) is 0 Å². The molecular weight excluding hydrogens is 596 g/mol. The molecule has 13 heteroatoms. The van der Waals surface area contributed by atoms with Crippen LogP contribution in [0.1, 0.15) is 52.9 Å². The third kappa shape index (κ3) is 6.97. The summed E-state index contributed by atoms with van der Waals surface area (Å²) in [6.45, 7) is 3.63. The molecule has 0 bridgehead atoms. The van der Waals surface area contributed by atoms with Crippen molar-refractivity contribution < 1.29 is 63.0 Å². The molecule has 0 spiro atoms. The van der Waals surface area contributed by atoms with E-state index >= 15 is 0 Å². The molecule has 1 fully saturated rings. The fraction of sp³-hybridized carbons (Fsp3) is 0.875. The summed E-state index contributed by atoms with van der Waals surface area (Å²) in [7, 11) is 0. The summed E-state index contributed by atoms with van der Waals surface area (Å²) < 4.78 is 94.8. The molecule has 0 amide bonds. The molecular formula is C16H25F7N2O3Pt. The van der Waals surface area contributed by atoms with E-state index in [9.17, 15) is 40.3 Å². The van der Waals surface area contributed by atoms with E-state index in [1.807, 2.05) is 0 Å². The summed E-state index contributed by atoms with van der Waals surface area (Å²) in [5, 5.41) is 0. The number of rotatable bonds is 5. The molecule has 1 saturated carbocycles. The number of Topliss-reactive ketones (excluding diaryl/α,β-unsaturated/α-hetero) is 2. The van der Waals surface area contributed by atoms with Crippen molar-refractivity contribution in [3.63, 3.8) is 0 Å². The first-order valence-corrected chi connectivity index (χ1v) is 10.6. The zero-order chi connectivity index (χ0) is 23.5. The Morgan fingerprint density at radius 3 is 1.83 bits per heavy atom.